The first kappa shape index (κ1) is 7.76. The predicted octanol–water partition coefficient (Wildman–Crippen LogP) is 0.374. The Kier molecular flexibility index (Phi) is 1.86. The Hall–Kier alpha value is -0.870. The lowest BCUT2D eigenvalue weighted by Gasteiger charge is -2.15. The fraction of sp³-hybridized carbons (Fsp3) is 0.625. The molecule has 2 rings (SSSR count). The second-order valence-corrected chi connectivity index (χ2v) is 2.92. The fourth-order valence-corrected chi connectivity index (χ4v) is 1.37. The van der Waals surface area contributed by atoms with Crippen molar-refractivity contribution in [1.82, 2.24) is 10.3 Å². The number of oxazole rings is 1. The first-order chi connectivity index (χ1) is 5.81. The van der Waals surface area contributed by atoms with Crippen LogP contribution in [-0.4, -0.2) is 16.6 Å². The molecule has 0 saturated carbocycles. The van der Waals surface area contributed by atoms with Crippen LogP contribution in [0, 0.1) is 0 Å². The monoisotopic (exact) mass is 168 g/mol. The molecule has 1 aliphatic heterocycles. The number of nitrogens with one attached hydrogen (secondary N) is 1. The van der Waals surface area contributed by atoms with Crippen LogP contribution in [0.4, 0.5) is 0 Å². The minimum Gasteiger partial charge on any atom is -0.443 e. The molecule has 1 aromatic rings. The molecule has 2 N–H and O–H groups in total. The Balaban J connectivity index is 2.37. The van der Waals surface area contributed by atoms with Gasteiger partial charge in [0.25, 0.3) is 0 Å². The number of rotatable bonds is 1. The molecule has 1 atom stereocenters. The zero-order valence-electron chi connectivity index (χ0n) is 7.00. The maximum absolute atomic E-state index is 9.47. The highest BCUT2D eigenvalue weighted by Crippen LogP contribution is 2.22. The number of aliphatic hydroxyl groups excluding tert-OH is 1. The van der Waals surface area contributed by atoms with Gasteiger partial charge >= 0.3 is 0 Å². The highest BCUT2D eigenvalue weighted by molar-refractivity contribution is 5.15. The Morgan fingerprint density at radius 1 is 1.75 bits per heavy atom. The van der Waals surface area contributed by atoms with Gasteiger partial charge in [-0.05, 0) is 0 Å². The molecule has 1 aliphatic rings. The number of nitrogens with zero attached hydrogens (tertiary/aromatic N) is 1. The molecule has 2 heterocycles. The average Bonchev–Trinajstić information content (AvgIpc) is 2.49. The molecular weight excluding hydrogens is 156 g/mol. The van der Waals surface area contributed by atoms with Crippen LogP contribution in [0.5, 0.6) is 0 Å². The van der Waals surface area contributed by atoms with E-state index in [2.05, 4.69) is 10.3 Å². The van der Waals surface area contributed by atoms with E-state index >= 15 is 0 Å². The molecular formula is C8H12N2O2. The van der Waals surface area contributed by atoms with E-state index in [1.165, 1.54) is 0 Å². The highest BCUT2D eigenvalue weighted by Gasteiger charge is 2.23. The molecule has 12 heavy (non-hydrogen) atoms. The van der Waals surface area contributed by atoms with Crippen molar-refractivity contribution in [2.24, 2.45) is 0 Å². The Morgan fingerprint density at radius 2 is 2.58 bits per heavy atom. The smallest absolute Gasteiger partial charge is 0.194 e. The zero-order valence-corrected chi connectivity index (χ0v) is 7.00. The van der Waals surface area contributed by atoms with Crippen LogP contribution >= 0.6 is 0 Å². The molecule has 4 heteroatoms. The largest absolute Gasteiger partial charge is 0.443 e. The Labute approximate surface area is 70.6 Å². The molecule has 66 valence electrons. The number of fused-ring (bicyclic) bond motifs is 1. The van der Waals surface area contributed by atoms with E-state index in [9.17, 15) is 5.11 Å². The summed E-state index contributed by atoms with van der Waals surface area (Å²) in [6, 6.07) is 0. The summed E-state index contributed by atoms with van der Waals surface area (Å²) in [4.78, 5) is 4.23. The third-order valence-electron chi connectivity index (χ3n) is 2.01. The summed E-state index contributed by atoms with van der Waals surface area (Å²) in [5.74, 6) is 1.35. The lowest BCUT2D eigenvalue weighted by molar-refractivity contribution is 0.135. The summed E-state index contributed by atoms with van der Waals surface area (Å²) >= 11 is 0. The summed E-state index contributed by atoms with van der Waals surface area (Å²) in [5, 5.41) is 12.5. The number of aromatic nitrogens is 1. The number of aryl methyl sites for hydroxylation is 1. The Morgan fingerprint density at radius 3 is 3.25 bits per heavy atom. The molecule has 0 saturated heterocycles. The zero-order chi connectivity index (χ0) is 8.55. The summed E-state index contributed by atoms with van der Waals surface area (Å²) in [6.07, 6.45) is 0.251. The molecule has 4 nitrogen and oxygen atoms in total. The van der Waals surface area contributed by atoms with E-state index in [1.54, 1.807) is 0 Å². The van der Waals surface area contributed by atoms with E-state index in [0.717, 1.165) is 12.1 Å². The lowest BCUT2D eigenvalue weighted by atomic mass is 10.1. The maximum Gasteiger partial charge on any atom is 0.194 e. The van der Waals surface area contributed by atoms with Crippen LogP contribution in [0.25, 0.3) is 0 Å². The molecule has 0 aliphatic carbocycles. The predicted molar refractivity (Wildman–Crippen MR) is 42.5 cm³/mol. The van der Waals surface area contributed by atoms with Crippen molar-refractivity contribution in [3.8, 4) is 0 Å². The minimum absolute atomic E-state index is 0.526. The van der Waals surface area contributed by atoms with Crippen molar-refractivity contribution >= 4 is 0 Å². The van der Waals surface area contributed by atoms with Gasteiger partial charge in [0.1, 0.15) is 6.10 Å². The highest BCUT2D eigenvalue weighted by atomic mass is 16.4. The van der Waals surface area contributed by atoms with E-state index in [-0.39, 0.29) is 0 Å². The Bertz CT molecular complexity index is 283. The van der Waals surface area contributed by atoms with Crippen molar-refractivity contribution in [2.75, 3.05) is 6.54 Å². The van der Waals surface area contributed by atoms with Gasteiger partial charge in [0.05, 0.1) is 5.69 Å². The SMILES string of the molecule is CCc1nc2c(o1)C(O)CNC2. The first-order valence-corrected chi connectivity index (χ1v) is 4.18. The van der Waals surface area contributed by atoms with Crippen molar-refractivity contribution < 1.29 is 9.52 Å². The van der Waals surface area contributed by atoms with Crippen LogP contribution in [-0.2, 0) is 13.0 Å². The van der Waals surface area contributed by atoms with Crippen LogP contribution in [0.3, 0.4) is 0 Å². The second-order valence-electron chi connectivity index (χ2n) is 2.92. The summed E-state index contributed by atoms with van der Waals surface area (Å²) < 4.78 is 5.37. The third-order valence-corrected chi connectivity index (χ3v) is 2.01. The minimum atomic E-state index is -0.526. The molecule has 0 amide bonds. The molecule has 0 bridgehead atoms. The van der Waals surface area contributed by atoms with Crippen molar-refractivity contribution in [3.63, 3.8) is 0 Å². The van der Waals surface area contributed by atoms with Gasteiger partial charge < -0.3 is 14.8 Å². The lowest BCUT2D eigenvalue weighted by Crippen LogP contribution is -2.27. The van der Waals surface area contributed by atoms with Crippen molar-refractivity contribution in [3.05, 3.63) is 17.3 Å². The van der Waals surface area contributed by atoms with Crippen molar-refractivity contribution in [1.29, 1.82) is 0 Å². The van der Waals surface area contributed by atoms with Crippen LogP contribution in [0.1, 0.15) is 30.4 Å². The topological polar surface area (TPSA) is 58.3 Å². The molecule has 0 fully saturated rings. The molecule has 1 unspecified atom stereocenters. The van der Waals surface area contributed by atoms with Crippen LogP contribution < -0.4 is 5.32 Å². The number of aliphatic hydroxyl groups is 1. The van der Waals surface area contributed by atoms with Gasteiger partial charge in [0, 0.05) is 19.5 Å². The van der Waals surface area contributed by atoms with Gasteiger partial charge in [0.2, 0.25) is 0 Å². The van der Waals surface area contributed by atoms with Crippen LogP contribution in [0.2, 0.25) is 0 Å². The third kappa shape index (κ3) is 1.13. The van der Waals surface area contributed by atoms with Gasteiger partial charge in [0.15, 0.2) is 11.7 Å². The van der Waals surface area contributed by atoms with Crippen molar-refractivity contribution in [2.45, 2.75) is 26.0 Å². The second kappa shape index (κ2) is 2.88. The standard InChI is InChI=1S/C8H12N2O2/c1-2-7-10-5-3-9-4-6(11)8(5)12-7/h6,9,11H,2-4H2,1H3. The van der Waals surface area contributed by atoms with Gasteiger partial charge in [-0.25, -0.2) is 4.98 Å². The number of hydrogen-bond acceptors (Lipinski definition) is 4. The number of β-amino-alcohol motifs (C(OH)–C–C–N with tert-alkyl or cyclic N) is 1. The molecule has 0 radical (unpaired) electrons. The summed E-state index contributed by atoms with van der Waals surface area (Å²) in [7, 11) is 0. The van der Waals surface area contributed by atoms with E-state index in [4.69, 9.17) is 4.42 Å². The molecule has 1 aromatic heterocycles. The molecule has 0 aromatic carbocycles. The van der Waals surface area contributed by atoms with Gasteiger partial charge in [-0.15, -0.1) is 0 Å². The summed E-state index contributed by atoms with van der Waals surface area (Å²) in [5.41, 5.74) is 0.852. The maximum atomic E-state index is 9.47. The first-order valence-electron chi connectivity index (χ1n) is 4.18. The van der Waals surface area contributed by atoms with E-state index < -0.39 is 6.10 Å². The van der Waals surface area contributed by atoms with E-state index in [0.29, 0.717) is 24.7 Å². The summed E-state index contributed by atoms with van der Waals surface area (Å²) in [6.45, 7) is 3.25. The number of hydrogen-bond donors (Lipinski definition) is 2. The quantitative estimate of drug-likeness (QED) is 0.636. The average molecular weight is 168 g/mol. The van der Waals surface area contributed by atoms with Gasteiger partial charge in [-0.1, -0.05) is 6.92 Å². The van der Waals surface area contributed by atoms with Gasteiger partial charge in [-0.3, -0.25) is 0 Å². The van der Waals surface area contributed by atoms with Crippen LogP contribution in [0.15, 0.2) is 4.42 Å². The normalized spacial score (nSPS) is 22.3. The fourth-order valence-electron chi connectivity index (χ4n) is 1.37. The molecule has 0 spiro atoms. The van der Waals surface area contributed by atoms with Gasteiger partial charge in [-0.2, -0.15) is 0 Å². The van der Waals surface area contributed by atoms with E-state index in [1.807, 2.05) is 6.92 Å².